The molecular formula is C16H19NO2. The monoisotopic (exact) mass is 257 g/mol. The van der Waals surface area contributed by atoms with Crippen molar-refractivity contribution in [3.8, 4) is 11.5 Å². The van der Waals surface area contributed by atoms with Crippen LogP contribution in [0.2, 0.25) is 0 Å². The Labute approximate surface area is 114 Å². The van der Waals surface area contributed by atoms with E-state index in [0.29, 0.717) is 11.5 Å². The maximum absolute atomic E-state index is 7.12. The molecule has 0 aromatic heterocycles. The standard InChI is InChI=1S/C16H19NO2/c1-4-6-13(11-12-17)9-10-14-7-5-8-15(18-2)16(14)19-3/h4-12,17H,1-3H3/b6-4-,10-9+,13-11+,17-12?. The highest BCUT2D eigenvalue weighted by atomic mass is 16.5. The van der Waals surface area contributed by atoms with Gasteiger partial charge < -0.3 is 14.9 Å². The van der Waals surface area contributed by atoms with Gasteiger partial charge in [0.05, 0.1) is 14.2 Å². The van der Waals surface area contributed by atoms with Gasteiger partial charge in [0.1, 0.15) is 0 Å². The van der Waals surface area contributed by atoms with Crippen LogP contribution in [0.3, 0.4) is 0 Å². The van der Waals surface area contributed by atoms with Crippen molar-refractivity contribution in [3.63, 3.8) is 0 Å². The maximum atomic E-state index is 7.12. The summed E-state index contributed by atoms with van der Waals surface area (Å²) in [4.78, 5) is 0. The topological polar surface area (TPSA) is 42.3 Å². The van der Waals surface area contributed by atoms with E-state index in [0.717, 1.165) is 11.1 Å². The lowest BCUT2D eigenvalue weighted by atomic mass is 10.1. The first-order valence-electron chi connectivity index (χ1n) is 5.99. The molecule has 0 atom stereocenters. The fraction of sp³-hybridized carbons (Fsp3) is 0.188. The zero-order chi connectivity index (χ0) is 14.1. The number of ether oxygens (including phenoxy) is 2. The zero-order valence-electron chi connectivity index (χ0n) is 11.5. The number of hydrogen-bond donors (Lipinski definition) is 1. The molecule has 0 radical (unpaired) electrons. The summed E-state index contributed by atoms with van der Waals surface area (Å²) in [6, 6.07) is 5.72. The van der Waals surface area contributed by atoms with E-state index < -0.39 is 0 Å². The predicted octanol–water partition coefficient (Wildman–Crippen LogP) is 3.87. The van der Waals surface area contributed by atoms with Gasteiger partial charge in [0.25, 0.3) is 0 Å². The molecule has 0 aliphatic rings. The van der Waals surface area contributed by atoms with Crippen molar-refractivity contribution < 1.29 is 9.47 Å². The van der Waals surface area contributed by atoms with Gasteiger partial charge in [-0.05, 0) is 24.6 Å². The van der Waals surface area contributed by atoms with Crippen molar-refractivity contribution in [2.24, 2.45) is 0 Å². The number of allylic oxidation sites excluding steroid dienone is 5. The lowest BCUT2D eigenvalue weighted by molar-refractivity contribution is 0.354. The maximum Gasteiger partial charge on any atom is 0.167 e. The minimum Gasteiger partial charge on any atom is -0.493 e. The van der Waals surface area contributed by atoms with Gasteiger partial charge in [-0.1, -0.05) is 36.4 Å². The molecule has 0 heterocycles. The number of nitrogens with one attached hydrogen (secondary N) is 1. The third-order valence-corrected chi connectivity index (χ3v) is 2.52. The molecule has 100 valence electrons. The van der Waals surface area contributed by atoms with Crippen LogP contribution in [0.5, 0.6) is 11.5 Å². The molecule has 0 spiro atoms. The molecule has 1 aromatic carbocycles. The van der Waals surface area contributed by atoms with E-state index in [2.05, 4.69) is 0 Å². The van der Waals surface area contributed by atoms with Crippen LogP contribution in [0.4, 0.5) is 0 Å². The van der Waals surface area contributed by atoms with Gasteiger partial charge in [0, 0.05) is 11.8 Å². The van der Waals surface area contributed by atoms with Crippen LogP contribution in [0.1, 0.15) is 12.5 Å². The molecule has 0 unspecified atom stereocenters. The summed E-state index contributed by atoms with van der Waals surface area (Å²) in [6.07, 6.45) is 10.7. The second-order valence-corrected chi connectivity index (χ2v) is 3.75. The van der Waals surface area contributed by atoms with Crippen LogP contribution in [-0.4, -0.2) is 20.4 Å². The fourth-order valence-electron chi connectivity index (χ4n) is 1.68. The van der Waals surface area contributed by atoms with Crippen molar-refractivity contribution >= 4 is 12.3 Å². The van der Waals surface area contributed by atoms with E-state index in [-0.39, 0.29) is 0 Å². The summed E-state index contributed by atoms with van der Waals surface area (Å²) in [7, 11) is 3.24. The third kappa shape index (κ3) is 4.14. The first-order valence-corrected chi connectivity index (χ1v) is 5.99. The summed E-state index contributed by atoms with van der Waals surface area (Å²) in [5.41, 5.74) is 1.88. The highest BCUT2D eigenvalue weighted by molar-refractivity contribution is 5.73. The number of hydrogen-bond acceptors (Lipinski definition) is 3. The summed E-state index contributed by atoms with van der Waals surface area (Å²) in [5.74, 6) is 1.41. The van der Waals surface area contributed by atoms with E-state index in [1.807, 2.05) is 49.4 Å². The highest BCUT2D eigenvalue weighted by Gasteiger charge is 2.06. The van der Waals surface area contributed by atoms with Gasteiger partial charge in [-0.25, -0.2) is 0 Å². The molecule has 1 N–H and O–H groups in total. The Hall–Kier alpha value is -2.29. The number of rotatable bonds is 6. The molecule has 0 aliphatic carbocycles. The zero-order valence-corrected chi connectivity index (χ0v) is 11.5. The van der Waals surface area contributed by atoms with Crippen molar-refractivity contribution in [2.45, 2.75) is 6.92 Å². The number of benzene rings is 1. The van der Waals surface area contributed by atoms with Gasteiger partial charge >= 0.3 is 0 Å². The molecule has 0 saturated heterocycles. The van der Waals surface area contributed by atoms with Crippen molar-refractivity contribution in [3.05, 3.63) is 53.6 Å². The molecule has 0 bridgehead atoms. The summed E-state index contributed by atoms with van der Waals surface area (Å²) in [6.45, 7) is 1.94. The van der Waals surface area contributed by atoms with Gasteiger partial charge in [-0.3, -0.25) is 0 Å². The average molecular weight is 257 g/mol. The van der Waals surface area contributed by atoms with Crippen molar-refractivity contribution in [2.75, 3.05) is 14.2 Å². The van der Waals surface area contributed by atoms with Crippen LogP contribution in [0.15, 0.2) is 48.1 Å². The Kier molecular flexibility index (Phi) is 6.16. The molecule has 3 heteroatoms. The van der Waals surface area contributed by atoms with Crippen LogP contribution >= 0.6 is 0 Å². The van der Waals surface area contributed by atoms with E-state index in [4.69, 9.17) is 14.9 Å². The minimum absolute atomic E-state index is 0.702. The third-order valence-electron chi connectivity index (χ3n) is 2.52. The molecule has 1 aromatic rings. The lowest BCUT2D eigenvalue weighted by Crippen LogP contribution is -1.92. The Morgan fingerprint density at radius 1 is 1.16 bits per heavy atom. The van der Waals surface area contributed by atoms with E-state index in [1.165, 1.54) is 6.21 Å². The first kappa shape index (κ1) is 14.8. The van der Waals surface area contributed by atoms with Crippen molar-refractivity contribution in [1.82, 2.24) is 0 Å². The normalized spacial score (nSPS) is 12.1. The second-order valence-electron chi connectivity index (χ2n) is 3.75. The largest absolute Gasteiger partial charge is 0.493 e. The predicted molar refractivity (Wildman–Crippen MR) is 80.3 cm³/mol. The van der Waals surface area contributed by atoms with Crippen LogP contribution < -0.4 is 9.47 Å². The van der Waals surface area contributed by atoms with Gasteiger partial charge in [-0.15, -0.1) is 0 Å². The summed E-state index contributed by atoms with van der Waals surface area (Å²) < 4.78 is 10.6. The smallest absolute Gasteiger partial charge is 0.167 e. The van der Waals surface area contributed by atoms with Crippen molar-refractivity contribution in [1.29, 1.82) is 5.41 Å². The SMILES string of the molecule is C\C=C/C(/C=C/c1cccc(OC)c1OC)=C\C=N. The van der Waals surface area contributed by atoms with E-state index >= 15 is 0 Å². The van der Waals surface area contributed by atoms with Gasteiger partial charge in [-0.2, -0.15) is 0 Å². The molecule has 3 nitrogen and oxygen atoms in total. The van der Waals surface area contributed by atoms with Crippen LogP contribution in [0.25, 0.3) is 6.08 Å². The summed E-state index contributed by atoms with van der Waals surface area (Å²) in [5, 5.41) is 7.12. The van der Waals surface area contributed by atoms with E-state index in [9.17, 15) is 0 Å². The highest BCUT2D eigenvalue weighted by Crippen LogP contribution is 2.31. The molecule has 0 fully saturated rings. The Bertz CT molecular complexity index is 513. The molecule has 0 amide bonds. The second kappa shape index (κ2) is 7.93. The lowest BCUT2D eigenvalue weighted by Gasteiger charge is -2.09. The Morgan fingerprint density at radius 3 is 2.53 bits per heavy atom. The van der Waals surface area contributed by atoms with E-state index in [1.54, 1.807) is 20.3 Å². The molecule has 1 rings (SSSR count). The van der Waals surface area contributed by atoms with Crippen LogP contribution in [0, 0.1) is 5.41 Å². The molecule has 0 aliphatic heterocycles. The van der Waals surface area contributed by atoms with Gasteiger partial charge in [0.15, 0.2) is 11.5 Å². The number of methoxy groups -OCH3 is 2. The summed E-state index contributed by atoms with van der Waals surface area (Å²) >= 11 is 0. The first-order chi connectivity index (χ1) is 9.26. The Balaban J connectivity index is 3.10. The fourth-order valence-corrected chi connectivity index (χ4v) is 1.68. The average Bonchev–Trinajstić information content (AvgIpc) is 2.44. The molecule has 19 heavy (non-hydrogen) atoms. The Morgan fingerprint density at radius 2 is 1.95 bits per heavy atom. The quantitative estimate of drug-likeness (QED) is 0.621. The number of para-hydroxylation sites is 1. The van der Waals surface area contributed by atoms with Crippen LogP contribution in [-0.2, 0) is 0 Å². The molecular weight excluding hydrogens is 238 g/mol. The molecule has 0 saturated carbocycles. The van der Waals surface area contributed by atoms with Gasteiger partial charge in [0.2, 0.25) is 0 Å². The minimum atomic E-state index is 0.702.